The van der Waals surface area contributed by atoms with Gasteiger partial charge in [-0.1, -0.05) is 29.6 Å². The Hall–Kier alpha value is -0.820. The first-order valence-corrected chi connectivity index (χ1v) is 8.62. The number of nitrogens with zero attached hydrogens (tertiary/aromatic N) is 1. The third-order valence-corrected chi connectivity index (χ3v) is 6.38. The van der Waals surface area contributed by atoms with E-state index in [0.29, 0.717) is 12.5 Å². The molecule has 2 rings (SSSR count). The van der Waals surface area contributed by atoms with Crippen LogP contribution in [0, 0.1) is 5.92 Å². The zero-order valence-corrected chi connectivity index (χ0v) is 13.7. The average molecular weight is 352 g/mol. The zero-order valence-electron chi connectivity index (χ0n) is 11.3. The summed E-state index contributed by atoms with van der Waals surface area (Å²) in [5.74, 6) is -1.00. The molecule has 21 heavy (non-hydrogen) atoms. The van der Waals surface area contributed by atoms with E-state index in [0.717, 1.165) is 19.3 Å². The summed E-state index contributed by atoms with van der Waals surface area (Å²) < 4.78 is 26.3. The maximum atomic E-state index is 12.5. The number of hydrogen-bond donors (Lipinski definition) is 1. The minimum Gasteiger partial charge on any atom is -0.478 e. The third kappa shape index (κ3) is 3.18. The van der Waals surface area contributed by atoms with E-state index in [-0.39, 0.29) is 14.9 Å². The van der Waals surface area contributed by atoms with Crippen molar-refractivity contribution in [3.05, 3.63) is 27.7 Å². The molecule has 1 saturated carbocycles. The molecule has 0 atom stereocenters. The van der Waals surface area contributed by atoms with Gasteiger partial charge in [0.25, 0.3) is 0 Å². The second-order valence-corrected chi connectivity index (χ2v) is 7.92. The van der Waals surface area contributed by atoms with Crippen molar-refractivity contribution in [2.45, 2.75) is 24.2 Å². The molecule has 1 aromatic carbocycles. The van der Waals surface area contributed by atoms with Gasteiger partial charge in [0.15, 0.2) is 0 Å². The number of hydrogen-bond acceptors (Lipinski definition) is 3. The molecule has 1 fully saturated rings. The van der Waals surface area contributed by atoms with Gasteiger partial charge in [-0.25, -0.2) is 17.5 Å². The standard InChI is InChI=1S/C13H15Cl2NO4S/c1-16(7-8-3-2-4-8)21(19,20)10-6-5-9(14)11(12(10)15)13(17)18/h5-6,8H,2-4,7H2,1H3,(H,17,18). The molecule has 0 unspecified atom stereocenters. The molecule has 1 aliphatic rings. The Morgan fingerprint density at radius 1 is 1.38 bits per heavy atom. The molecule has 1 aliphatic carbocycles. The molecule has 1 aromatic rings. The first-order chi connectivity index (χ1) is 9.75. The van der Waals surface area contributed by atoms with E-state index in [9.17, 15) is 13.2 Å². The predicted molar refractivity (Wildman–Crippen MR) is 80.6 cm³/mol. The summed E-state index contributed by atoms with van der Waals surface area (Å²) in [6.45, 7) is 0.406. The molecule has 8 heteroatoms. The van der Waals surface area contributed by atoms with Crippen LogP contribution in [-0.4, -0.2) is 37.4 Å². The van der Waals surface area contributed by atoms with Gasteiger partial charge in [0, 0.05) is 13.6 Å². The molecular formula is C13H15Cl2NO4S. The van der Waals surface area contributed by atoms with E-state index in [1.54, 1.807) is 0 Å². The van der Waals surface area contributed by atoms with E-state index in [1.165, 1.54) is 23.5 Å². The number of benzene rings is 1. The van der Waals surface area contributed by atoms with Gasteiger partial charge in [0.2, 0.25) is 10.0 Å². The Morgan fingerprint density at radius 2 is 2.00 bits per heavy atom. The van der Waals surface area contributed by atoms with Crippen molar-refractivity contribution in [1.82, 2.24) is 4.31 Å². The molecule has 0 aromatic heterocycles. The highest BCUT2D eigenvalue weighted by Crippen LogP contribution is 2.34. The Kier molecular flexibility index (Phi) is 4.82. The Labute approximate surface area is 133 Å². The quantitative estimate of drug-likeness (QED) is 0.884. The van der Waals surface area contributed by atoms with Gasteiger partial charge in [-0.2, -0.15) is 0 Å². The van der Waals surface area contributed by atoms with Gasteiger partial charge in [-0.3, -0.25) is 0 Å². The van der Waals surface area contributed by atoms with Gasteiger partial charge in [0.1, 0.15) is 4.90 Å². The lowest BCUT2D eigenvalue weighted by molar-refractivity contribution is 0.0697. The van der Waals surface area contributed by atoms with E-state index >= 15 is 0 Å². The summed E-state index contributed by atoms with van der Waals surface area (Å²) in [4.78, 5) is 10.9. The van der Waals surface area contributed by atoms with Gasteiger partial charge in [-0.15, -0.1) is 0 Å². The molecule has 0 heterocycles. The number of carbonyl (C=O) groups is 1. The maximum absolute atomic E-state index is 12.5. The molecule has 1 N–H and O–H groups in total. The van der Waals surface area contributed by atoms with Crippen LogP contribution in [0.2, 0.25) is 10.0 Å². The van der Waals surface area contributed by atoms with Crippen LogP contribution in [0.4, 0.5) is 0 Å². The second kappa shape index (κ2) is 6.12. The molecule has 116 valence electrons. The SMILES string of the molecule is CN(CC1CCC1)S(=O)(=O)c1ccc(Cl)c(C(=O)O)c1Cl. The highest BCUT2D eigenvalue weighted by atomic mass is 35.5. The summed E-state index contributed by atoms with van der Waals surface area (Å²) in [6, 6.07) is 2.48. The lowest BCUT2D eigenvalue weighted by atomic mass is 9.86. The smallest absolute Gasteiger partial charge is 0.338 e. The largest absolute Gasteiger partial charge is 0.478 e. The molecule has 0 spiro atoms. The van der Waals surface area contributed by atoms with Crippen molar-refractivity contribution >= 4 is 39.2 Å². The fraction of sp³-hybridized carbons (Fsp3) is 0.462. The lowest BCUT2D eigenvalue weighted by Gasteiger charge is -2.29. The number of carboxylic acids is 1. The van der Waals surface area contributed by atoms with Crippen molar-refractivity contribution in [2.24, 2.45) is 5.92 Å². The van der Waals surface area contributed by atoms with Crippen LogP contribution < -0.4 is 0 Å². The zero-order chi connectivity index (χ0) is 15.8. The van der Waals surface area contributed by atoms with Crippen LogP contribution in [0.1, 0.15) is 29.6 Å². The monoisotopic (exact) mass is 351 g/mol. The van der Waals surface area contributed by atoms with Crippen LogP contribution in [0.25, 0.3) is 0 Å². The minimum atomic E-state index is -3.83. The third-order valence-electron chi connectivity index (χ3n) is 3.70. The second-order valence-electron chi connectivity index (χ2n) is 5.12. The molecule has 0 aliphatic heterocycles. The maximum Gasteiger partial charge on any atom is 0.338 e. The van der Waals surface area contributed by atoms with E-state index < -0.39 is 21.6 Å². The summed E-state index contributed by atoms with van der Waals surface area (Å²) >= 11 is 11.7. The first kappa shape index (κ1) is 16.5. The molecule has 5 nitrogen and oxygen atoms in total. The molecule has 0 radical (unpaired) electrons. The summed E-state index contributed by atoms with van der Waals surface area (Å²) in [5, 5.41) is 8.65. The highest BCUT2D eigenvalue weighted by molar-refractivity contribution is 7.89. The van der Waals surface area contributed by atoms with Crippen LogP contribution in [0.3, 0.4) is 0 Å². The van der Waals surface area contributed by atoms with Gasteiger partial charge in [-0.05, 0) is 30.9 Å². The summed E-state index contributed by atoms with van der Waals surface area (Å²) in [6.07, 6.45) is 3.13. The number of rotatable bonds is 5. The Balaban J connectivity index is 2.39. The molecule has 0 saturated heterocycles. The van der Waals surface area contributed by atoms with Crippen molar-refractivity contribution in [1.29, 1.82) is 0 Å². The fourth-order valence-corrected chi connectivity index (χ4v) is 4.37. The summed E-state index contributed by atoms with van der Waals surface area (Å²) in [5.41, 5.74) is -0.392. The van der Waals surface area contributed by atoms with Crippen molar-refractivity contribution in [3.8, 4) is 0 Å². The van der Waals surface area contributed by atoms with Crippen molar-refractivity contribution in [3.63, 3.8) is 0 Å². The van der Waals surface area contributed by atoms with Gasteiger partial charge >= 0.3 is 5.97 Å². The normalized spacial score (nSPS) is 16.0. The Morgan fingerprint density at radius 3 is 2.48 bits per heavy atom. The highest BCUT2D eigenvalue weighted by Gasteiger charge is 2.30. The minimum absolute atomic E-state index is 0.0897. The van der Waals surface area contributed by atoms with E-state index in [4.69, 9.17) is 28.3 Å². The Bertz CT molecular complexity index is 671. The number of aromatic carboxylic acids is 1. The van der Waals surface area contributed by atoms with Gasteiger partial charge < -0.3 is 5.11 Å². The molecule has 0 amide bonds. The number of sulfonamides is 1. The topological polar surface area (TPSA) is 74.7 Å². The van der Waals surface area contributed by atoms with Crippen molar-refractivity contribution < 1.29 is 18.3 Å². The first-order valence-electron chi connectivity index (χ1n) is 6.42. The van der Waals surface area contributed by atoms with Crippen LogP contribution >= 0.6 is 23.2 Å². The van der Waals surface area contributed by atoms with E-state index in [2.05, 4.69) is 0 Å². The lowest BCUT2D eigenvalue weighted by Crippen LogP contribution is -2.34. The van der Waals surface area contributed by atoms with Crippen molar-refractivity contribution in [2.75, 3.05) is 13.6 Å². The fourth-order valence-electron chi connectivity index (χ4n) is 2.23. The van der Waals surface area contributed by atoms with E-state index in [1.807, 2.05) is 0 Å². The van der Waals surface area contributed by atoms with Crippen LogP contribution in [-0.2, 0) is 10.0 Å². The van der Waals surface area contributed by atoms with Crippen LogP contribution in [0.15, 0.2) is 17.0 Å². The predicted octanol–water partition coefficient (Wildman–Crippen LogP) is 3.11. The number of carboxylic acid groups (broad SMARTS) is 1. The average Bonchev–Trinajstić information content (AvgIpc) is 2.32. The number of halogens is 2. The molecule has 0 bridgehead atoms. The molecular weight excluding hydrogens is 337 g/mol. The van der Waals surface area contributed by atoms with Crippen LogP contribution in [0.5, 0.6) is 0 Å². The summed E-state index contributed by atoms with van der Waals surface area (Å²) in [7, 11) is -2.36. The van der Waals surface area contributed by atoms with Gasteiger partial charge in [0.05, 0.1) is 15.6 Å².